The summed E-state index contributed by atoms with van der Waals surface area (Å²) in [5.74, 6) is -0.170. The molecule has 0 aromatic heterocycles. The third-order valence-electron chi connectivity index (χ3n) is 19.7. The SMILES string of the molecule is CCCCC/C=C/CC/C=C/C(O)C(COC1OC(CO)C(O)C(O)C1O)NC(=O)CCCCCCCCCCCCCCCCCCC/C=C\C/C=C\CCCCCCCCCCCCCCCCCOC(=O)CCCCCCCCCCCCCCCCCCCCC. The van der Waals surface area contributed by atoms with E-state index < -0.39 is 49.5 Å². The molecule has 0 aromatic carbocycles. The van der Waals surface area contributed by atoms with Gasteiger partial charge in [-0.3, -0.25) is 9.59 Å². The molecule has 0 aromatic rings. The van der Waals surface area contributed by atoms with Gasteiger partial charge in [0.05, 0.1) is 32.0 Å². The number of carbonyl (C=O) groups excluding carboxylic acids is 2. The molecule has 1 saturated heterocycles. The molecule has 11 heteroatoms. The Balaban J connectivity index is 1.84. The highest BCUT2D eigenvalue weighted by molar-refractivity contribution is 5.76. The molecule has 1 fully saturated rings. The molecular weight excluding hydrogens is 1180 g/mol. The highest BCUT2D eigenvalue weighted by Crippen LogP contribution is 2.24. The Morgan fingerprint density at radius 2 is 0.716 bits per heavy atom. The molecule has 0 saturated carbocycles. The fourth-order valence-electron chi connectivity index (χ4n) is 13.2. The highest BCUT2D eigenvalue weighted by Gasteiger charge is 2.44. The van der Waals surface area contributed by atoms with E-state index in [0.29, 0.717) is 19.4 Å². The molecule has 1 rings (SSSR count). The number of unbranched alkanes of at least 4 members (excludes halogenated alkanes) is 54. The summed E-state index contributed by atoms with van der Waals surface area (Å²) in [6, 6.07) is -0.824. The summed E-state index contributed by atoms with van der Waals surface area (Å²) in [6.45, 7) is 4.33. The fraction of sp³-hybridized carbons (Fsp3) is 0.881. The van der Waals surface area contributed by atoms with Gasteiger partial charge in [-0.25, -0.2) is 0 Å². The number of aliphatic hydroxyl groups excluding tert-OH is 5. The molecule has 558 valence electrons. The topological polar surface area (TPSA) is 175 Å². The second-order valence-electron chi connectivity index (χ2n) is 28.8. The lowest BCUT2D eigenvalue weighted by Gasteiger charge is -2.40. The van der Waals surface area contributed by atoms with Gasteiger partial charge in [0.2, 0.25) is 5.91 Å². The number of aliphatic hydroxyl groups is 5. The van der Waals surface area contributed by atoms with Gasteiger partial charge in [0.25, 0.3) is 0 Å². The molecule has 6 N–H and O–H groups in total. The minimum absolute atomic E-state index is 0.0199. The Kier molecular flexibility index (Phi) is 69.5. The molecule has 1 heterocycles. The normalized spacial score (nSPS) is 17.6. The fourth-order valence-corrected chi connectivity index (χ4v) is 13.2. The number of ether oxygens (including phenoxy) is 3. The number of allylic oxidation sites excluding steroid dienone is 7. The van der Waals surface area contributed by atoms with Crippen LogP contribution in [-0.4, -0.2) is 100 Å². The van der Waals surface area contributed by atoms with Crippen LogP contribution in [0.3, 0.4) is 0 Å². The van der Waals surface area contributed by atoms with Gasteiger partial charge in [-0.2, -0.15) is 0 Å². The van der Waals surface area contributed by atoms with E-state index in [1.807, 2.05) is 6.08 Å². The van der Waals surface area contributed by atoms with Gasteiger partial charge >= 0.3 is 5.97 Å². The van der Waals surface area contributed by atoms with Crippen LogP contribution in [0, 0.1) is 0 Å². The van der Waals surface area contributed by atoms with Gasteiger partial charge in [-0.05, 0) is 77.0 Å². The van der Waals surface area contributed by atoms with Crippen LogP contribution in [0.2, 0.25) is 0 Å². The van der Waals surface area contributed by atoms with Crippen molar-refractivity contribution in [2.45, 2.75) is 455 Å². The third-order valence-corrected chi connectivity index (χ3v) is 19.7. The number of nitrogens with one attached hydrogen (secondary N) is 1. The van der Waals surface area contributed by atoms with Crippen molar-refractivity contribution < 1.29 is 49.3 Å². The molecule has 7 atom stereocenters. The Bertz CT molecular complexity index is 1720. The number of rotatable bonds is 74. The van der Waals surface area contributed by atoms with E-state index in [1.165, 1.54) is 327 Å². The third kappa shape index (κ3) is 61.2. The summed E-state index contributed by atoms with van der Waals surface area (Å²) in [7, 11) is 0. The molecule has 1 aliphatic rings. The number of esters is 1. The Labute approximate surface area is 586 Å². The molecule has 0 bridgehead atoms. The van der Waals surface area contributed by atoms with Crippen molar-refractivity contribution in [3.8, 4) is 0 Å². The largest absolute Gasteiger partial charge is 0.466 e. The van der Waals surface area contributed by atoms with Crippen molar-refractivity contribution in [3.05, 3.63) is 48.6 Å². The van der Waals surface area contributed by atoms with Crippen molar-refractivity contribution >= 4 is 11.9 Å². The van der Waals surface area contributed by atoms with Crippen molar-refractivity contribution in [1.29, 1.82) is 0 Å². The zero-order valence-corrected chi connectivity index (χ0v) is 62.4. The average Bonchev–Trinajstić information content (AvgIpc) is 0.834. The van der Waals surface area contributed by atoms with E-state index in [1.54, 1.807) is 6.08 Å². The van der Waals surface area contributed by atoms with E-state index >= 15 is 0 Å². The smallest absolute Gasteiger partial charge is 0.305 e. The van der Waals surface area contributed by atoms with Crippen LogP contribution >= 0.6 is 0 Å². The van der Waals surface area contributed by atoms with Crippen LogP contribution in [-0.2, 0) is 23.8 Å². The first-order valence-electron chi connectivity index (χ1n) is 41.4. The van der Waals surface area contributed by atoms with Crippen molar-refractivity contribution in [1.82, 2.24) is 5.32 Å². The predicted molar refractivity (Wildman–Crippen MR) is 403 cm³/mol. The molecule has 0 aliphatic carbocycles. The maximum absolute atomic E-state index is 13.0. The number of amides is 1. The first-order chi connectivity index (χ1) is 46.7. The molecule has 7 unspecified atom stereocenters. The molecule has 1 aliphatic heterocycles. The lowest BCUT2D eigenvalue weighted by molar-refractivity contribution is -0.302. The van der Waals surface area contributed by atoms with Gasteiger partial charge in [-0.15, -0.1) is 0 Å². The first-order valence-corrected chi connectivity index (χ1v) is 41.4. The Hall–Kier alpha value is -2.38. The van der Waals surface area contributed by atoms with Gasteiger partial charge in [0.1, 0.15) is 24.4 Å². The summed E-state index contributed by atoms with van der Waals surface area (Å²) in [5, 5.41) is 54.3. The second kappa shape index (κ2) is 72.9. The lowest BCUT2D eigenvalue weighted by atomic mass is 9.99. The predicted octanol–water partition coefficient (Wildman–Crippen LogP) is 22.6. The molecule has 11 nitrogen and oxygen atoms in total. The van der Waals surface area contributed by atoms with Crippen LogP contribution in [0.25, 0.3) is 0 Å². The van der Waals surface area contributed by atoms with Gasteiger partial charge in [-0.1, -0.05) is 371 Å². The van der Waals surface area contributed by atoms with E-state index in [2.05, 4.69) is 55.6 Å². The van der Waals surface area contributed by atoms with Crippen LogP contribution in [0.4, 0.5) is 0 Å². The molecule has 0 radical (unpaired) electrons. The number of hydrogen-bond acceptors (Lipinski definition) is 10. The number of hydrogen-bond donors (Lipinski definition) is 6. The van der Waals surface area contributed by atoms with Crippen molar-refractivity contribution in [3.63, 3.8) is 0 Å². The van der Waals surface area contributed by atoms with Gasteiger partial charge in [0, 0.05) is 12.8 Å². The second-order valence-corrected chi connectivity index (χ2v) is 28.8. The zero-order chi connectivity index (χ0) is 68.6. The Morgan fingerprint density at radius 1 is 0.389 bits per heavy atom. The summed E-state index contributed by atoms with van der Waals surface area (Å²) >= 11 is 0. The average molecular weight is 1340 g/mol. The van der Waals surface area contributed by atoms with Crippen LogP contribution in [0.15, 0.2) is 48.6 Å². The maximum atomic E-state index is 13.0. The summed E-state index contributed by atoms with van der Waals surface area (Å²) in [6.07, 6.45) is 87.6. The summed E-state index contributed by atoms with van der Waals surface area (Å²) in [4.78, 5) is 25.2. The standard InChI is InChI=1S/C84H157NO10/c1-3-5-7-9-11-13-14-15-16-17-39-43-46-49-52-56-60-64-68-72-80(89)93-73-69-65-61-57-53-50-47-44-41-38-36-34-32-30-28-26-24-22-20-18-19-21-23-25-27-29-31-33-35-37-40-42-45-48-51-55-59-63-67-71-79(88)85-76(77(87)70-66-62-58-54-12-10-8-6-4-2)75-94-84-83(92)82(91)81(90)78(74-86)95-84/h12,18-19,22,24,54,66,70,76-78,81-84,86-87,90-92H,3-11,13-17,20-21,23,25-53,55-65,67-69,71-75H2,1-2H3,(H,85,88)/b19-18-,24-22-,54-12+,70-66+. The monoisotopic (exact) mass is 1340 g/mol. The Morgan fingerprint density at radius 3 is 1.13 bits per heavy atom. The molecular formula is C84H157NO10. The van der Waals surface area contributed by atoms with E-state index in [4.69, 9.17) is 14.2 Å². The lowest BCUT2D eigenvalue weighted by Crippen LogP contribution is -2.60. The van der Waals surface area contributed by atoms with Crippen molar-refractivity contribution in [2.24, 2.45) is 0 Å². The summed E-state index contributed by atoms with van der Waals surface area (Å²) in [5.41, 5.74) is 0. The van der Waals surface area contributed by atoms with Crippen LogP contribution in [0.5, 0.6) is 0 Å². The van der Waals surface area contributed by atoms with Gasteiger partial charge < -0.3 is 45.1 Å². The molecule has 95 heavy (non-hydrogen) atoms. The van der Waals surface area contributed by atoms with Crippen LogP contribution < -0.4 is 5.32 Å². The van der Waals surface area contributed by atoms with Crippen molar-refractivity contribution in [2.75, 3.05) is 19.8 Å². The van der Waals surface area contributed by atoms with Crippen LogP contribution in [0.1, 0.15) is 412 Å². The highest BCUT2D eigenvalue weighted by atomic mass is 16.7. The van der Waals surface area contributed by atoms with E-state index in [0.717, 1.165) is 57.8 Å². The summed E-state index contributed by atoms with van der Waals surface area (Å²) < 4.78 is 16.7. The first kappa shape index (κ1) is 90.6. The van der Waals surface area contributed by atoms with E-state index in [9.17, 15) is 35.1 Å². The maximum Gasteiger partial charge on any atom is 0.305 e. The zero-order valence-electron chi connectivity index (χ0n) is 62.4. The van der Waals surface area contributed by atoms with E-state index in [-0.39, 0.29) is 18.5 Å². The minimum atomic E-state index is -1.57. The number of carbonyl (C=O) groups is 2. The van der Waals surface area contributed by atoms with Gasteiger partial charge in [0.15, 0.2) is 6.29 Å². The minimum Gasteiger partial charge on any atom is -0.466 e. The molecule has 1 amide bonds. The quantitative estimate of drug-likeness (QED) is 0.0195. The molecule has 0 spiro atoms.